The number of nitrogens with one attached hydrogen (secondary N) is 2. The van der Waals surface area contributed by atoms with E-state index < -0.39 is 31.1 Å². The summed E-state index contributed by atoms with van der Waals surface area (Å²) < 4.78 is 74.5. The van der Waals surface area contributed by atoms with E-state index in [0.717, 1.165) is 0 Å². The van der Waals surface area contributed by atoms with Crippen molar-refractivity contribution in [1.82, 2.24) is 24.6 Å². The Balaban J connectivity index is 1.63. The highest BCUT2D eigenvalue weighted by Gasteiger charge is 2.36. The number of aryl methyl sites for hydroxylation is 1. The maximum Gasteiger partial charge on any atom is 0.421 e. The van der Waals surface area contributed by atoms with Crippen molar-refractivity contribution < 1.29 is 36.3 Å². The van der Waals surface area contributed by atoms with Crippen LogP contribution in [0.3, 0.4) is 0 Å². The summed E-state index contributed by atoms with van der Waals surface area (Å²) in [7, 11) is 0.968. The minimum absolute atomic E-state index is 0.0299. The van der Waals surface area contributed by atoms with Crippen molar-refractivity contribution in [2.75, 3.05) is 45.1 Å². The predicted octanol–water partition coefficient (Wildman–Crippen LogP) is 6.71. The lowest BCUT2D eigenvalue weighted by Gasteiger charge is -2.20. The Bertz CT molecular complexity index is 1780. The van der Waals surface area contributed by atoms with E-state index in [4.69, 9.17) is 13.8 Å². The van der Waals surface area contributed by atoms with E-state index in [-0.39, 0.29) is 36.6 Å². The third kappa shape index (κ3) is 7.49. The highest BCUT2D eigenvalue weighted by Crippen LogP contribution is 2.52. The molecule has 2 N–H and O–H groups in total. The Morgan fingerprint density at radius 3 is 2.61 bits per heavy atom. The molecule has 0 saturated carbocycles. The second kappa shape index (κ2) is 13.5. The standard InChI is InChI=1S/C30H33F3N7O5P/c1-5-44-46(42)18-19-7-9-25(26(13-19)43-4)37-29-34-16-23(30(31,32)33)27(38-29)36-24-10-8-20(14-22(24)28(41)39(2)3)21-15-35-40(17-21)11-6-12-45-46/h7-10,13-17H,5-6,11-12,18H2,1-4H3,(H2,34,36,37,38)/t46-/m0/s1. The van der Waals surface area contributed by atoms with Crippen molar-refractivity contribution >= 4 is 36.6 Å². The monoisotopic (exact) mass is 659 g/mol. The number of halogens is 3. The lowest BCUT2D eigenvalue weighted by molar-refractivity contribution is -0.137. The van der Waals surface area contributed by atoms with E-state index in [0.29, 0.717) is 47.3 Å². The first-order chi connectivity index (χ1) is 21.9. The van der Waals surface area contributed by atoms with Crippen molar-refractivity contribution in [2.24, 2.45) is 0 Å². The molecule has 1 amide bonds. The molecule has 4 aliphatic rings. The first-order valence-corrected chi connectivity index (χ1v) is 16.0. The van der Waals surface area contributed by atoms with E-state index in [1.807, 2.05) is 0 Å². The number of amides is 1. The maximum atomic E-state index is 14.1. The van der Waals surface area contributed by atoms with Crippen LogP contribution < -0.4 is 15.4 Å². The van der Waals surface area contributed by atoms with E-state index >= 15 is 0 Å². The van der Waals surface area contributed by atoms with Gasteiger partial charge in [0.2, 0.25) is 5.95 Å². The Morgan fingerprint density at radius 1 is 1.11 bits per heavy atom. The average Bonchev–Trinajstić information content (AvgIpc) is 3.48. The fourth-order valence-electron chi connectivity index (χ4n) is 4.79. The van der Waals surface area contributed by atoms with Crippen LogP contribution in [0.2, 0.25) is 0 Å². The first-order valence-electron chi connectivity index (χ1n) is 14.3. The van der Waals surface area contributed by atoms with Gasteiger partial charge < -0.3 is 29.3 Å². The number of hydrogen-bond donors (Lipinski definition) is 2. The number of carbonyl (C=O) groups is 1. The molecular weight excluding hydrogens is 626 g/mol. The number of rotatable bonds is 4. The quantitative estimate of drug-likeness (QED) is 0.228. The molecule has 0 fully saturated rings. The highest BCUT2D eigenvalue weighted by molar-refractivity contribution is 7.53. The molecule has 4 aliphatic heterocycles. The number of nitrogens with zero attached hydrogens (tertiary/aromatic N) is 5. The summed E-state index contributed by atoms with van der Waals surface area (Å²) in [4.78, 5) is 22.6. The lowest BCUT2D eigenvalue weighted by atomic mass is 10.0. The largest absolute Gasteiger partial charge is 0.495 e. The summed E-state index contributed by atoms with van der Waals surface area (Å²) >= 11 is 0. The predicted molar refractivity (Wildman–Crippen MR) is 166 cm³/mol. The van der Waals surface area contributed by atoms with Crippen LogP contribution in [0.1, 0.15) is 34.8 Å². The summed E-state index contributed by atoms with van der Waals surface area (Å²) in [6.45, 7) is 2.49. The molecule has 244 valence electrons. The van der Waals surface area contributed by atoms with Gasteiger partial charge in [-0.3, -0.25) is 14.0 Å². The number of carbonyl (C=O) groups excluding carboxylic acids is 1. The van der Waals surface area contributed by atoms with Gasteiger partial charge in [-0.1, -0.05) is 12.1 Å². The minimum atomic E-state index is -4.80. The smallest absolute Gasteiger partial charge is 0.421 e. The van der Waals surface area contributed by atoms with E-state index in [1.165, 1.54) is 18.1 Å². The zero-order valence-corrected chi connectivity index (χ0v) is 26.5. The van der Waals surface area contributed by atoms with Gasteiger partial charge in [0.1, 0.15) is 17.1 Å². The maximum absolute atomic E-state index is 14.1. The van der Waals surface area contributed by atoms with Crippen LogP contribution in [-0.4, -0.2) is 65.0 Å². The van der Waals surface area contributed by atoms with E-state index in [2.05, 4.69) is 25.7 Å². The molecule has 16 heteroatoms. The van der Waals surface area contributed by atoms with Gasteiger partial charge in [0.25, 0.3) is 5.91 Å². The molecule has 46 heavy (non-hydrogen) atoms. The number of ether oxygens (including phenoxy) is 1. The van der Waals surface area contributed by atoms with Gasteiger partial charge in [-0.2, -0.15) is 23.3 Å². The molecule has 0 radical (unpaired) electrons. The molecule has 6 heterocycles. The van der Waals surface area contributed by atoms with Crippen molar-refractivity contribution in [3.63, 3.8) is 0 Å². The van der Waals surface area contributed by atoms with Gasteiger partial charge in [0, 0.05) is 38.6 Å². The zero-order valence-electron chi connectivity index (χ0n) is 25.6. The second-order valence-electron chi connectivity index (χ2n) is 10.6. The normalized spacial score (nSPS) is 16.9. The molecule has 0 aliphatic carbocycles. The van der Waals surface area contributed by atoms with E-state index in [9.17, 15) is 22.5 Å². The molecule has 4 aromatic rings. The summed E-state index contributed by atoms with van der Waals surface area (Å²) in [6.07, 6.45) is -0.299. The van der Waals surface area contributed by atoms with Crippen LogP contribution in [0.5, 0.6) is 5.75 Å². The Kier molecular flexibility index (Phi) is 9.66. The Labute approximate surface area is 263 Å². The molecule has 0 unspecified atom stereocenters. The summed E-state index contributed by atoms with van der Waals surface area (Å²) in [6, 6.07) is 9.67. The van der Waals surface area contributed by atoms with Gasteiger partial charge in [0.15, 0.2) is 0 Å². The van der Waals surface area contributed by atoms with Crippen molar-refractivity contribution in [3.8, 4) is 16.9 Å². The topological polar surface area (TPSA) is 133 Å². The van der Waals surface area contributed by atoms with Gasteiger partial charge in [-0.05, 0) is 48.7 Å². The SMILES string of the molecule is CCO[P@@]1(=O)Cc2ccc(c(OC)c2)Nc2ncc(C(F)(F)F)c(n2)Nc2ccc(cc2C(=O)N(C)C)-c2cnn(c2)CCCO1. The van der Waals surface area contributed by atoms with Crippen LogP contribution in [0.15, 0.2) is 55.0 Å². The third-order valence-corrected chi connectivity index (χ3v) is 8.98. The van der Waals surface area contributed by atoms with Crippen molar-refractivity contribution in [2.45, 2.75) is 32.2 Å². The Hall–Kier alpha value is -4.46. The van der Waals surface area contributed by atoms with Gasteiger partial charge in [-0.25, -0.2) is 4.98 Å². The average molecular weight is 660 g/mol. The van der Waals surface area contributed by atoms with Crippen molar-refractivity contribution in [3.05, 3.63) is 71.7 Å². The van der Waals surface area contributed by atoms with Crippen LogP contribution >= 0.6 is 7.60 Å². The molecule has 2 aromatic heterocycles. The first kappa shape index (κ1) is 32.9. The lowest BCUT2D eigenvalue weighted by Crippen LogP contribution is -2.23. The highest BCUT2D eigenvalue weighted by atomic mass is 31.2. The zero-order chi connectivity index (χ0) is 33.1. The molecule has 1 atom stereocenters. The Morgan fingerprint density at radius 2 is 1.89 bits per heavy atom. The van der Waals surface area contributed by atoms with E-state index in [1.54, 1.807) is 68.4 Å². The summed E-state index contributed by atoms with van der Waals surface area (Å²) in [5.74, 6) is -0.875. The van der Waals surface area contributed by atoms with Crippen LogP contribution in [0, 0.1) is 0 Å². The molecule has 8 bridgehead atoms. The fraction of sp³-hybridized carbons (Fsp3) is 0.333. The second-order valence-corrected chi connectivity index (χ2v) is 12.6. The minimum Gasteiger partial charge on any atom is -0.495 e. The fourth-order valence-corrected chi connectivity index (χ4v) is 6.50. The van der Waals surface area contributed by atoms with Crippen LogP contribution in [-0.2, 0) is 32.5 Å². The number of anilines is 4. The number of hydrogen-bond acceptors (Lipinski definition) is 10. The summed E-state index contributed by atoms with van der Waals surface area (Å²) in [5.41, 5.74) is 1.35. The van der Waals surface area contributed by atoms with Gasteiger partial charge >= 0.3 is 13.8 Å². The molecule has 0 saturated heterocycles. The van der Waals surface area contributed by atoms with Crippen LogP contribution in [0.4, 0.5) is 36.3 Å². The number of aromatic nitrogens is 4. The molecule has 12 nitrogen and oxygen atoms in total. The molecule has 2 aromatic carbocycles. The number of benzene rings is 2. The molecule has 0 spiro atoms. The summed E-state index contributed by atoms with van der Waals surface area (Å²) in [5, 5.41) is 10.0. The molecular formula is C30H33F3N7O5P. The number of methoxy groups -OCH3 is 1. The third-order valence-electron chi connectivity index (χ3n) is 7.00. The van der Waals surface area contributed by atoms with Crippen LogP contribution in [0.25, 0.3) is 11.1 Å². The van der Waals surface area contributed by atoms with Crippen molar-refractivity contribution in [1.29, 1.82) is 0 Å². The molecule has 8 rings (SSSR count). The van der Waals surface area contributed by atoms with Gasteiger partial charge in [0.05, 0.1) is 49.6 Å². The van der Waals surface area contributed by atoms with Gasteiger partial charge in [-0.15, -0.1) is 0 Å². The number of alkyl halides is 3.